The summed E-state index contributed by atoms with van der Waals surface area (Å²) in [6, 6.07) is 15.1. The first-order chi connectivity index (χ1) is 10.2. The lowest BCUT2D eigenvalue weighted by Gasteiger charge is -2.08. The fraction of sp³-hybridized carbons (Fsp3) is 0.0625. The van der Waals surface area contributed by atoms with Gasteiger partial charge in [0.15, 0.2) is 6.61 Å². The normalized spacial score (nSPS) is 10.5. The van der Waals surface area contributed by atoms with E-state index in [1.54, 1.807) is 0 Å². The second-order valence-electron chi connectivity index (χ2n) is 4.57. The van der Waals surface area contributed by atoms with Gasteiger partial charge in [-0.1, -0.05) is 22.0 Å². The highest BCUT2D eigenvalue weighted by Crippen LogP contribution is 2.20. The van der Waals surface area contributed by atoms with Crippen LogP contribution in [0.4, 0.5) is 5.69 Å². The number of carbonyl (C=O) groups excluding carboxylic acids is 1. The number of aromatic amines is 1. The second-order valence-corrected chi connectivity index (χ2v) is 5.49. The molecule has 106 valence electrons. The molecule has 2 N–H and O–H groups in total. The zero-order valence-electron chi connectivity index (χ0n) is 11.1. The van der Waals surface area contributed by atoms with Gasteiger partial charge >= 0.3 is 0 Å². The number of nitrogens with one attached hydrogen (secondary N) is 2. The number of hydrogen-bond donors (Lipinski definition) is 2. The van der Waals surface area contributed by atoms with Gasteiger partial charge in [-0.15, -0.1) is 0 Å². The number of rotatable bonds is 4. The lowest BCUT2D eigenvalue weighted by Crippen LogP contribution is -2.20. The number of amides is 1. The van der Waals surface area contributed by atoms with Gasteiger partial charge in [0.25, 0.3) is 5.91 Å². The molecule has 2 aromatic carbocycles. The van der Waals surface area contributed by atoms with Gasteiger partial charge in [-0.3, -0.25) is 4.79 Å². The number of anilines is 1. The minimum absolute atomic E-state index is 0.0254. The van der Waals surface area contributed by atoms with Crippen LogP contribution in [-0.2, 0) is 4.79 Å². The van der Waals surface area contributed by atoms with E-state index in [-0.39, 0.29) is 12.5 Å². The third-order valence-electron chi connectivity index (χ3n) is 3.00. The molecule has 1 amide bonds. The second kappa shape index (κ2) is 6.01. The summed E-state index contributed by atoms with van der Waals surface area (Å²) in [5.74, 6) is 0.480. The van der Waals surface area contributed by atoms with Crippen molar-refractivity contribution in [3.8, 4) is 5.75 Å². The molecular weight excluding hydrogens is 332 g/mol. The standard InChI is InChI=1S/C16H13BrN2O2/c17-12-2-1-3-13(9-12)19-16(20)10-21-14-4-5-15-11(8-14)6-7-18-15/h1-9,18H,10H2,(H,19,20). The van der Waals surface area contributed by atoms with E-state index in [9.17, 15) is 4.79 Å². The quantitative estimate of drug-likeness (QED) is 0.752. The van der Waals surface area contributed by atoms with Crippen molar-refractivity contribution in [2.45, 2.75) is 0 Å². The lowest BCUT2D eigenvalue weighted by molar-refractivity contribution is -0.118. The molecule has 3 aromatic rings. The molecule has 1 aromatic heterocycles. The van der Waals surface area contributed by atoms with Crippen molar-refractivity contribution in [3.63, 3.8) is 0 Å². The summed E-state index contributed by atoms with van der Waals surface area (Å²) in [5, 5.41) is 3.84. The summed E-state index contributed by atoms with van der Waals surface area (Å²) >= 11 is 3.36. The number of ether oxygens (including phenoxy) is 1. The van der Waals surface area contributed by atoms with E-state index < -0.39 is 0 Å². The molecule has 0 aliphatic heterocycles. The van der Waals surface area contributed by atoms with Crippen LogP contribution < -0.4 is 10.1 Å². The van der Waals surface area contributed by atoms with Gasteiger partial charge in [0.1, 0.15) is 5.75 Å². The van der Waals surface area contributed by atoms with Crippen LogP contribution in [0.15, 0.2) is 59.2 Å². The van der Waals surface area contributed by atoms with Crippen LogP contribution in [0, 0.1) is 0 Å². The Labute approximate surface area is 130 Å². The topological polar surface area (TPSA) is 54.1 Å². The van der Waals surface area contributed by atoms with E-state index >= 15 is 0 Å². The summed E-state index contributed by atoms with van der Waals surface area (Å²) in [7, 11) is 0. The number of carbonyl (C=O) groups is 1. The minimum atomic E-state index is -0.192. The SMILES string of the molecule is O=C(COc1ccc2[nH]ccc2c1)Nc1cccc(Br)c1. The lowest BCUT2D eigenvalue weighted by atomic mass is 10.2. The van der Waals surface area contributed by atoms with Crippen LogP contribution in [0.3, 0.4) is 0 Å². The van der Waals surface area contributed by atoms with Gasteiger partial charge in [-0.05, 0) is 42.5 Å². The Morgan fingerprint density at radius 2 is 2.10 bits per heavy atom. The van der Waals surface area contributed by atoms with Crippen LogP contribution in [-0.4, -0.2) is 17.5 Å². The molecule has 4 nitrogen and oxygen atoms in total. The maximum Gasteiger partial charge on any atom is 0.262 e. The Kier molecular flexibility index (Phi) is 3.92. The first-order valence-corrected chi connectivity index (χ1v) is 7.25. The van der Waals surface area contributed by atoms with Crippen LogP contribution in [0.1, 0.15) is 0 Å². The Morgan fingerprint density at radius 1 is 1.19 bits per heavy atom. The fourth-order valence-electron chi connectivity index (χ4n) is 2.03. The molecule has 3 rings (SSSR count). The zero-order valence-corrected chi connectivity index (χ0v) is 12.7. The molecule has 0 aliphatic rings. The van der Waals surface area contributed by atoms with Gasteiger partial charge in [-0.25, -0.2) is 0 Å². The molecule has 0 atom stereocenters. The summed E-state index contributed by atoms with van der Waals surface area (Å²) in [4.78, 5) is 15.0. The van der Waals surface area contributed by atoms with E-state index in [1.807, 2.05) is 54.7 Å². The largest absolute Gasteiger partial charge is 0.484 e. The molecule has 0 radical (unpaired) electrons. The van der Waals surface area contributed by atoms with Gasteiger partial charge < -0.3 is 15.0 Å². The first kappa shape index (κ1) is 13.7. The number of aromatic nitrogens is 1. The van der Waals surface area contributed by atoms with Gasteiger partial charge in [0, 0.05) is 27.3 Å². The number of benzene rings is 2. The van der Waals surface area contributed by atoms with Crippen molar-refractivity contribution in [3.05, 3.63) is 59.2 Å². The smallest absolute Gasteiger partial charge is 0.262 e. The van der Waals surface area contributed by atoms with E-state index in [0.29, 0.717) is 5.75 Å². The third kappa shape index (κ3) is 3.44. The first-order valence-electron chi connectivity index (χ1n) is 6.46. The van der Waals surface area contributed by atoms with Crippen molar-refractivity contribution < 1.29 is 9.53 Å². The monoisotopic (exact) mass is 344 g/mol. The van der Waals surface area contributed by atoms with Crippen molar-refractivity contribution >= 4 is 38.4 Å². The Morgan fingerprint density at radius 3 is 2.95 bits per heavy atom. The predicted octanol–water partition coefficient (Wildman–Crippen LogP) is 3.95. The van der Waals surface area contributed by atoms with Crippen LogP contribution >= 0.6 is 15.9 Å². The molecular formula is C16H13BrN2O2. The summed E-state index contributed by atoms with van der Waals surface area (Å²) < 4.78 is 6.43. The Balaban J connectivity index is 1.60. The molecule has 0 saturated carbocycles. The molecule has 0 saturated heterocycles. The summed E-state index contributed by atoms with van der Waals surface area (Å²) in [6.07, 6.45) is 1.87. The van der Waals surface area contributed by atoms with Crippen molar-refractivity contribution in [2.24, 2.45) is 0 Å². The third-order valence-corrected chi connectivity index (χ3v) is 3.50. The molecule has 0 spiro atoms. The van der Waals surface area contributed by atoms with E-state index in [0.717, 1.165) is 21.1 Å². The van der Waals surface area contributed by atoms with Crippen molar-refractivity contribution in [1.29, 1.82) is 0 Å². The van der Waals surface area contributed by atoms with Crippen molar-refractivity contribution in [2.75, 3.05) is 11.9 Å². The van der Waals surface area contributed by atoms with Crippen LogP contribution in [0.5, 0.6) is 5.75 Å². The molecule has 5 heteroatoms. The molecule has 0 aliphatic carbocycles. The molecule has 21 heavy (non-hydrogen) atoms. The highest BCUT2D eigenvalue weighted by molar-refractivity contribution is 9.10. The van der Waals surface area contributed by atoms with E-state index in [1.165, 1.54) is 0 Å². The number of fused-ring (bicyclic) bond motifs is 1. The highest BCUT2D eigenvalue weighted by Gasteiger charge is 2.05. The molecule has 0 fully saturated rings. The summed E-state index contributed by atoms with van der Waals surface area (Å²) in [6.45, 7) is -0.0254. The Bertz CT molecular complexity index is 783. The van der Waals surface area contributed by atoms with E-state index in [2.05, 4.69) is 26.2 Å². The number of halogens is 1. The maximum absolute atomic E-state index is 11.9. The van der Waals surface area contributed by atoms with Crippen LogP contribution in [0.25, 0.3) is 10.9 Å². The molecule has 1 heterocycles. The summed E-state index contributed by atoms with van der Waals surface area (Å²) in [5.41, 5.74) is 1.78. The van der Waals surface area contributed by atoms with Crippen LogP contribution in [0.2, 0.25) is 0 Å². The van der Waals surface area contributed by atoms with Gasteiger partial charge in [0.05, 0.1) is 0 Å². The average molecular weight is 345 g/mol. The fourth-order valence-corrected chi connectivity index (χ4v) is 2.43. The minimum Gasteiger partial charge on any atom is -0.484 e. The maximum atomic E-state index is 11.9. The average Bonchev–Trinajstić information content (AvgIpc) is 2.92. The highest BCUT2D eigenvalue weighted by atomic mass is 79.9. The molecule has 0 bridgehead atoms. The molecule has 0 unspecified atom stereocenters. The van der Waals surface area contributed by atoms with Crippen molar-refractivity contribution in [1.82, 2.24) is 4.98 Å². The number of H-pyrrole nitrogens is 1. The zero-order chi connectivity index (χ0) is 14.7. The van der Waals surface area contributed by atoms with E-state index in [4.69, 9.17) is 4.74 Å². The van der Waals surface area contributed by atoms with Gasteiger partial charge in [-0.2, -0.15) is 0 Å². The predicted molar refractivity (Wildman–Crippen MR) is 86.6 cm³/mol. The number of hydrogen-bond acceptors (Lipinski definition) is 2. The van der Waals surface area contributed by atoms with Gasteiger partial charge in [0.2, 0.25) is 0 Å². The Hall–Kier alpha value is -2.27.